The number of amides is 1. The lowest BCUT2D eigenvalue weighted by molar-refractivity contribution is -0.128. The maximum Gasteiger partial charge on any atom is 0.261 e. The van der Waals surface area contributed by atoms with Gasteiger partial charge in [-0.15, -0.1) is 0 Å². The molecule has 8 heteroatoms. The Morgan fingerprint density at radius 1 is 1.06 bits per heavy atom. The molecule has 1 atom stereocenters. The molecule has 0 saturated carbocycles. The van der Waals surface area contributed by atoms with Crippen LogP contribution in [-0.2, 0) is 27.9 Å². The number of hydrogen-bond donors (Lipinski definition) is 1. The molecule has 1 saturated heterocycles. The standard InChI is InChI=1S/C25H35N3O4S/c1-4-24(32-23-14-12-22(13-15-23)27(2)33(3,30)31)25(29)26-18-20-10-6-7-11-21(20)19-28-16-8-5-9-17-28/h6-7,10-15,24H,4-5,8-9,16-19H2,1-3H3,(H,26,29)/t24-/m1/s1. The van der Waals surface area contributed by atoms with Crippen LogP contribution < -0.4 is 14.4 Å². The Labute approximate surface area is 197 Å². The first kappa shape index (κ1) is 25.1. The number of piperidine rings is 1. The second-order valence-corrected chi connectivity index (χ2v) is 10.6. The highest BCUT2D eigenvalue weighted by Gasteiger charge is 2.20. The second-order valence-electron chi connectivity index (χ2n) is 8.56. The molecule has 1 amide bonds. The molecular weight excluding hydrogens is 438 g/mol. The van der Waals surface area contributed by atoms with Crippen molar-refractivity contribution in [2.75, 3.05) is 30.7 Å². The van der Waals surface area contributed by atoms with Crippen molar-refractivity contribution < 1.29 is 17.9 Å². The molecule has 2 aromatic rings. The number of benzene rings is 2. The molecule has 0 aromatic heterocycles. The molecule has 0 aliphatic carbocycles. The predicted molar refractivity (Wildman–Crippen MR) is 132 cm³/mol. The van der Waals surface area contributed by atoms with E-state index in [1.807, 2.05) is 19.1 Å². The Morgan fingerprint density at radius 2 is 1.70 bits per heavy atom. The van der Waals surface area contributed by atoms with Crippen LogP contribution in [0.25, 0.3) is 0 Å². The van der Waals surface area contributed by atoms with Crippen molar-refractivity contribution >= 4 is 21.6 Å². The topological polar surface area (TPSA) is 78.9 Å². The van der Waals surface area contributed by atoms with Gasteiger partial charge in [0.1, 0.15) is 5.75 Å². The number of carbonyl (C=O) groups excluding carboxylic acids is 1. The van der Waals surface area contributed by atoms with E-state index in [1.54, 1.807) is 24.3 Å². The lowest BCUT2D eigenvalue weighted by Gasteiger charge is -2.27. The average molecular weight is 474 g/mol. The van der Waals surface area contributed by atoms with E-state index in [0.717, 1.165) is 31.5 Å². The Morgan fingerprint density at radius 3 is 2.30 bits per heavy atom. The Kier molecular flexibility index (Phi) is 8.74. The minimum Gasteiger partial charge on any atom is -0.481 e. The Balaban J connectivity index is 1.58. The van der Waals surface area contributed by atoms with Gasteiger partial charge in [0.25, 0.3) is 5.91 Å². The van der Waals surface area contributed by atoms with Gasteiger partial charge in [0.2, 0.25) is 10.0 Å². The fraction of sp³-hybridized carbons (Fsp3) is 0.480. The number of sulfonamides is 1. The summed E-state index contributed by atoms with van der Waals surface area (Å²) in [5, 5.41) is 3.03. The molecule has 0 unspecified atom stereocenters. The van der Waals surface area contributed by atoms with Crippen LogP contribution in [0.2, 0.25) is 0 Å². The van der Waals surface area contributed by atoms with Crippen LogP contribution >= 0.6 is 0 Å². The lowest BCUT2D eigenvalue weighted by Crippen LogP contribution is -2.38. The highest BCUT2D eigenvalue weighted by atomic mass is 32.2. The third-order valence-electron chi connectivity index (χ3n) is 6.05. The van der Waals surface area contributed by atoms with Gasteiger partial charge >= 0.3 is 0 Å². The third kappa shape index (κ3) is 7.20. The van der Waals surface area contributed by atoms with Gasteiger partial charge in [-0.2, -0.15) is 0 Å². The molecule has 1 heterocycles. The zero-order valence-corrected chi connectivity index (χ0v) is 20.6. The van der Waals surface area contributed by atoms with Crippen LogP contribution in [0.4, 0.5) is 5.69 Å². The second kappa shape index (κ2) is 11.5. The summed E-state index contributed by atoms with van der Waals surface area (Å²) in [6.45, 7) is 5.53. The van der Waals surface area contributed by atoms with E-state index in [1.165, 1.54) is 36.2 Å². The number of nitrogens with one attached hydrogen (secondary N) is 1. The average Bonchev–Trinajstić information content (AvgIpc) is 2.82. The van der Waals surface area contributed by atoms with Crippen molar-refractivity contribution in [1.29, 1.82) is 0 Å². The molecule has 33 heavy (non-hydrogen) atoms. The normalized spacial score (nSPS) is 15.6. The lowest BCUT2D eigenvalue weighted by atomic mass is 10.0. The van der Waals surface area contributed by atoms with Crippen LogP contribution in [0.5, 0.6) is 5.75 Å². The van der Waals surface area contributed by atoms with E-state index in [2.05, 4.69) is 22.3 Å². The van der Waals surface area contributed by atoms with Crippen LogP contribution in [0.3, 0.4) is 0 Å². The number of hydrogen-bond acceptors (Lipinski definition) is 5. The highest BCUT2D eigenvalue weighted by molar-refractivity contribution is 7.92. The van der Waals surface area contributed by atoms with Gasteiger partial charge in [-0.1, -0.05) is 37.6 Å². The van der Waals surface area contributed by atoms with Gasteiger partial charge in [-0.3, -0.25) is 14.0 Å². The molecule has 1 aliphatic heterocycles. The quantitative estimate of drug-likeness (QED) is 0.571. The molecule has 7 nitrogen and oxygen atoms in total. The van der Waals surface area contributed by atoms with E-state index < -0.39 is 16.1 Å². The van der Waals surface area contributed by atoms with Gasteiger partial charge < -0.3 is 10.1 Å². The van der Waals surface area contributed by atoms with Crippen LogP contribution in [-0.4, -0.2) is 51.7 Å². The molecule has 180 valence electrons. The summed E-state index contributed by atoms with van der Waals surface area (Å²) >= 11 is 0. The van der Waals surface area contributed by atoms with E-state index in [0.29, 0.717) is 24.4 Å². The monoisotopic (exact) mass is 473 g/mol. The number of ether oxygens (including phenoxy) is 1. The minimum absolute atomic E-state index is 0.164. The first-order valence-corrected chi connectivity index (χ1v) is 13.4. The number of carbonyl (C=O) groups is 1. The summed E-state index contributed by atoms with van der Waals surface area (Å²) < 4.78 is 30.5. The first-order valence-electron chi connectivity index (χ1n) is 11.6. The van der Waals surface area contributed by atoms with E-state index in [-0.39, 0.29) is 5.91 Å². The summed E-state index contributed by atoms with van der Waals surface area (Å²) in [6.07, 6.45) is 4.85. The molecule has 1 fully saturated rings. The third-order valence-corrected chi connectivity index (χ3v) is 7.26. The maximum absolute atomic E-state index is 12.8. The van der Waals surface area contributed by atoms with Crippen LogP contribution in [0, 0.1) is 0 Å². The fourth-order valence-corrected chi connectivity index (χ4v) is 4.46. The highest BCUT2D eigenvalue weighted by Crippen LogP contribution is 2.22. The molecular formula is C25H35N3O4S. The molecule has 1 aliphatic rings. The Hall–Kier alpha value is -2.58. The zero-order chi connectivity index (χ0) is 23.8. The van der Waals surface area contributed by atoms with Crippen LogP contribution in [0.15, 0.2) is 48.5 Å². The Bertz CT molecular complexity index is 1020. The summed E-state index contributed by atoms with van der Waals surface area (Å²) in [5.74, 6) is 0.357. The summed E-state index contributed by atoms with van der Waals surface area (Å²) in [5.41, 5.74) is 2.91. The predicted octanol–water partition coefficient (Wildman–Crippen LogP) is 3.54. The molecule has 2 aromatic carbocycles. The van der Waals surface area contributed by atoms with Crippen LogP contribution in [0.1, 0.15) is 43.7 Å². The molecule has 0 bridgehead atoms. The van der Waals surface area contributed by atoms with E-state index in [4.69, 9.17) is 4.74 Å². The molecule has 0 spiro atoms. The van der Waals surface area contributed by atoms with E-state index in [9.17, 15) is 13.2 Å². The molecule has 0 radical (unpaired) electrons. The minimum atomic E-state index is -3.33. The van der Waals surface area contributed by atoms with E-state index >= 15 is 0 Å². The van der Waals surface area contributed by atoms with Gasteiger partial charge in [-0.25, -0.2) is 8.42 Å². The number of nitrogens with zero attached hydrogens (tertiary/aromatic N) is 2. The summed E-state index contributed by atoms with van der Waals surface area (Å²) in [6, 6.07) is 15.0. The van der Waals surface area contributed by atoms with Gasteiger partial charge in [0.15, 0.2) is 6.10 Å². The SMILES string of the molecule is CC[C@@H](Oc1ccc(N(C)S(C)(=O)=O)cc1)C(=O)NCc1ccccc1CN1CCCCC1. The van der Waals surface area contributed by atoms with Gasteiger partial charge in [0, 0.05) is 20.1 Å². The number of likely N-dealkylation sites (tertiary alicyclic amines) is 1. The molecule has 3 rings (SSSR count). The van der Waals surface area contributed by atoms with Crippen molar-refractivity contribution in [2.45, 2.75) is 51.8 Å². The van der Waals surface area contributed by atoms with Gasteiger partial charge in [0.05, 0.1) is 11.9 Å². The van der Waals surface area contributed by atoms with Crippen molar-refractivity contribution in [3.05, 3.63) is 59.7 Å². The number of rotatable bonds is 10. The van der Waals surface area contributed by atoms with Crippen molar-refractivity contribution in [3.63, 3.8) is 0 Å². The van der Waals surface area contributed by atoms with Gasteiger partial charge in [-0.05, 0) is 67.7 Å². The largest absolute Gasteiger partial charge is 0.481 e. The summed E-state index contributed by atoms with van der Waals surface area (Å²) in [7, 11) is -1.83. The van der Waals surface area contributed by atoms with Crippen molar-refractivity contribution in [2.24, 2.45) is 0 Å². The molecule has 1 N–H and O–H groups in total. The smallest absolute Gasteiger partial charge is 0.261 e. The zero-order valence-electron chi connectivity index (χ0n) is 19.8. The maximum atomic E-state index is 12.8. The number of anilines is 1. The van der Waals surface area contributed by atoms with Crippen molar-refractivity contribution in [3.8, 4) is 5.75 Å². The van der Waals surface area contributed by atoms with Crippen molar-refractivity contribution in [1.82, 2.24) is 10.2 Å². The first-order chi connectivity index (χ1) is 15.8. The summed E-state index contributed by atoms with van der Waals surface area (Å²) in [4.78, 5) is 15.3. The fourth-order valence-electron chi connectivity index (χ4n) is 3.95.